The second-order valence-corrected chi connectivity index (χ2v) is 9.00. The second kappa shape index (κ2) is 7.99. The van der Waals surface area contributed by atoms with Gasteiger partial charge in [-0.3, -0.25) is 19.3 Å². The number of rotatable bonds is 5. The Labute approximate surface area is 191 Å². The van der Waals surface area contributed by atoms with Crippen LogP contribution >= 0.6 is 0 Å². The molecule has 2 aromatic rings. The molecule has 1 N–H and O–H groups in total. The van der Waals surface area contributed by atoms with Gasteiger partial charge in [0.25, 0.3) is 5.91 Å². The Morgan fingerprint density at radius 2 is 1.61 bits per heavy atom. The van der Waals surface area contributed by atoms with E-state index < -0.39 is 18.5 Å². The van der Waals surface area contributed by atoms with Crippen LogP contribution in [-0.4, -0.2) is 30.3 Å². The Morgan fingerprint density at radius 3 is 2.21 bits per heavy atom. The summed E-state index contributed by atoms with van der Waals surface area (Å²) < 4.78 is 5.12. The number of aryl methyl sites for hydroxylation is 2. The molecule has 33 heavy (non-hydrogen) atoms. The van der Waals surface area contributed by atoms with Gasteiger partial charge in [-0.25, -0.2) is 4.79 Å². The van der Waals surface area contributed by atoms with Gasteiger partial charge in [0.1, 0.15) is 0 Å². The standard InChI is InChI=1S/C26H24N2O5/c1-14-3-10-20(15(2)11-14)27-21(29)13-33-26(32)16-6-8-19(9-7-16)28-24(30)22-17-4-5-18(12-17)23(22)25(28)31/h3-11,17-18,22-23H,12-13H2,1-2H3,(H,27,29)/t17-,18-,22-,23+/m0/s1. The van der Waals surface area contributed by atoms with Crippen LogP contribution in [0.3, 0.4) is 0 Å². The van der Waals surface area contributed by atoms with Crippen LogP contribution in [0.1, 0.15) is 27.9 Å². The van der Waals surface area contributed by atoms with E-state index in [1.807, 2.05) is 26.0 Å². The van der Waals surface area contributed by atoms with Crippen LogP contribution in [0.4, 0.5) is 11.4 Å². The molecule has 0 spiro atoms. The first-order valence-electron chi connectivity index (χ1n) is 11.0. The molecule has 3 amide bonds. The molecule has 2 aromatic carbocycles. The van der Waals surface area contributed by atoms with Crippen LogP contribution in [0.25, 0.3) is 0 Å². The zero-order chi connectivity index (χ0) is 23.3. The van der Waals surface area contributed by atoms with Crippen molar-refractivity contribution in [2.24, 2.45) is 23.7 Å². The number of hydrogen-bond acceptors (Lipinski definition) is 5. The van der Waals surface area contributed by atoms with Gasteiger partial charge in [0.05, 0.1) is 23.1 Å². The van der Waals surface area contributed by atoms with Crippen molar-refractivity contribution in [2.75, 3.05) is 16.8 Å². The molecular formula is C26H24N2O5. The molecule has 0 aromatic heterocycles. The third-order valence-corrected chi connectivity index (χ3v) is 6.82. The summed E-state index contributed by atoms with van der Waals surface area (Å²) in [5.41, 5.74) is 3.36. The molecule has 3 aliphatic rings. The van der Waals surface area contributed by atoms with Crippen molar-refractivity contribution >= 4 is 35.1 Å². The number of esters is 1. The summed E-state index contributed by atoms with van der Waals surface area (Å²) in [4.78, 5) is 51.6. The van der Waals surface area contributed by atoms with E-state index in [-0.39, 0.29) is 41.0 Å². The molecule has 7 nitrogen and oxygen atoms in total. The lowest BCUT2D eigenvalue weighted by Gasteiger charge is -2.17. The van der Waals surface area contributed by atoms with Crippen molar-refractivity contribution in [3.63, 3.8) is 0 Å². The van der Waals surface area contributed by atoms with Gasteiger partial charge < -0.3 is 10.1 Å². The van der Waals surface area contributed by atoms with E-state index in [1.165, 1.54) is 17.0 Å². The highest BCUT2D eigenvalue weighted by atomic mass is 16.5. The molecule has 0 unspecified atom stereocenters. The summed E-state index contributed by atoms with van der Waals surface area (Å²) in [6, 6.07) is 11.8. The first-order valence-corrected chi connectivity index (χ1v) is 11.0. The third-order valence-electron chi connectivity index (χ3n) is 6.82. The van der Waals surface area contributed by atoms with Gasteiger partial charge >= 0.3 is 5.97 Å². The summed E-state index contributed by atoms with van der Waals surface area (Å²) in [5.74, 6) is -1.68. The van der Waals surface area contributed by atoms with Gasteiger partial charge in [0.2, 0.25) is 11.8 Å². The van der Waals surface area contributed by atoms with Crippen molar-refractivity contribution in [3.05, 3.63) is 71.3 Å². The van der Waals surface area contributed by atoms with Crippen molar-refractivity contribution in [2.45, 2.75) is 20.3 Å². The van der Waals surface area contributed by atoms with E-state index in [1.54, 1.807) is 18.2 Å². The lowest BCUT2D eigenvalue weighted by molar-refractivity contribution is -0.123. The van der Waals surface area contributed by atoms with E-state index >= 15 is 0 Å². The SMILES string of the molecule is Cc1ccc(NC(=O)COC(=O)c2ccc(N3C(=O)[C@@H]4[C@H](C3=O)[C@H]3C=C[C@H]4C3)cc2)c(C)c1. The monoisotopic (exact) mass is 444 g/mol. The summed E-state index contributed by atoms with van der Waals surface area (Å²) in [5, 5.41) is 2.73. The number of anilines is 2. The number of allylic oxidation sites excluding steroid dienone is 2. The Bertz CT molecular complexity index is 1170. The molecule has 4 atom stereocenters. The molecule has 1 saturated heterocycles. The minimum absolute atomic E-state index is 0.144. The molecule has 2 aliphatic carbocycles. The van der Waals surface area contributed by atoms with Gasteiger partial charge in [-0.05, 0) is 68.0 Å². The Kier molecular flexibility index (Phi) is 5.12. The van der Waals surface area contributed by atoms with Gasteiger partial charge in [0, 0.05) is 5.69 Å². The van der Waals surface area contributed by atoms with Crippen molar-refractivity contribution in [1.82, 2.24) is 0 Å². The Balaban J connectivity index is 1.20. The third kappa shape index (κ3) is 3.63. The van der Waals surface area contributed by atoms with E-state index in [9.17, 15) is 19.2 Å². The number of ether oxygens (including phenoxy) is 1. The van der Waals surface area contributed by atoms with Crippen LogP contribution in [-0.2, 0) is 19.1 Å². The fraction of sp³-hybridized carbons (Fsp3) is 0.308. The highest BCUT2D eigenvalue weighted by molar-refractivity contribution is 6.22. The largest absolute Gasteiger partial charge is 0.452 e. The normalized spacial score (nSPS) is 24.8. The average molecular weight is 444 g/mol. The van der Waals surface area contributed by atoms with E-state index in [2.05, 4.69) is 17.5 Å². The minimum atomic E-state index is -0.657. The van der Waals surface area contributed by atoms with Crippen molar-refractivity contribution < 1.29 is 23.9 Å². The quantitative estimate of drug-likeness (QED) is 0.433. The number of carbonyl (C=O) groups is 4. The summed E-state index contributed by atoms with van der Waals surface area (Å²) >= 11 is 0. The highest BCUT2D eigenvalue weighted by Crippen LogP contribution is 2.53. The number of imide groups is 1. The van der Waals surface area contributed by atoms with Crippen LogP contribution in [0, 0.1) is 37.5 Å². The number of carbonyl (C=O) groups excluding carboxylic acids is 4. The molecule has 0 radical (unpaired) electrons. The molecule has 168 valence electrons. The number of nitrogens with one attached hydrogen (secondary N) is 1. The van der Waals surface area contributed by atoms with Crippen molar-refractivity contribution in [1.29, 1.82) is 0 Å². The molecule has 1 aliphatic heterocycles. The van der Waals surface area contributed by atoms with E-state index in [0.717, 1.165) is 17.5 Å². The van der Waals surface area contributed by atoms with Crippen LogP contribution in [0.2, 0.25) is 0 Å². The van der Waals surface area contributed by atoms with Crippen LogP contribution in [0.5, 0.6) is 0 Å². The van der Waals surface area contributed by atoms with E-state index in [0.29, 0.717) is 11.4 Å². The molecule has 2 fully saturated rings. The molecule has 1 heterocycles. The summed E-state index contributed by atoms with van der Waals surface area (Å²) in [7, 11) is 0. The van der Waals surface area contributed by atoms with Crippen LogP contribution in [0.15, 0.2) is 54.6 Å². The maximum Gasteiger partial charge on any atom is 0.338 e. The van der Waals surface area contributed by atoms with Gasteiger partial charge in [-0.2, -0.15) is 0 Å². The van der Waals surface area contributed by atoms with Gasteiger partial charge in [-0.15, -0.1) is 0 Å². The topological polar surface area (TPSA) is 92.8 Å². The summed E-state index contributed by atoms with van der Waals surface area (Å²) in [6.45, 7) is 3.44. The number of benzene rings is 2. The van der Waals surface area contributed by atoms with Gasteiger partial charge in [-0.1, -0.05) is 29.8 Å². The second-order valence-electron chi connectivity index (χ2n) is 9.00. The minimum Gasteiger partial charge on any atom is -0.452 e. The fourth-order valence-electron chi connectivity index (χ4n) is 5.26. The maximum absolute atomic E-state index is 12.9. The molecule has 2 bridgehead atoms. The Hall–Kier alpha value is -3.74. The predicted molar refractivity (Wildman–Crippen MR) is 121 cm³/mol. The maximum atomic E-state index is 12.9. The number of nitrogens with zero attached hydrogens (tertiary/aromatic N) is 1. The highest BCUT2D eigenvalue weighted by Gasteiger charge is 2.59. The lowest BCUT2D eigenvalue weighted by atomic mass is 9.85. The predicted octanol–water partition coefficient (Wildman–Crippen LogP) is 3.41. The summed E-state index contributed by atoms with van der Waals surface area (Å²) in [6.07, 6.45) is 4.98. The van der Waals surface area contributed by atoms with Crippen LogP contribution < -0.4 is 10.2 Å². The molecule has 7 heteroatoms. The first kappa shape index (κ1) is 21.1. The number of hydrogen-bond donors (Lipinski definition) is 1. The lowest BCUT2D eigenvalue weighted by Crippen LogP contribution is -2.32. The van der Waals surface area contributed by atoms with Gasteiger partial charge in [0.15, 0.2) is 6.61 Å². The number of fused-ring (bicyclic) bond motifs is 5. The number of amides is 3. The molecular weight excluding hydrogens is 420 g/mol. The van der Waals surface area contributed by atoms with E-state index in [4.69, 9.17) is 4.74 Å². The Morgan fingerprint density at radius 1 is 0.970 bits per heavy atom. The zero-order valence-electron chi connectivity index (χ0n) is 18.4. The fourth-order valence-corrected chi connectivity index (χ4v) is 5.26. The first-order chi connectivity index (χ1) is 15.8. The molecule has 1 saturated carbocycles. The smallest absolute Gasteiger partial charge is 0.338 e. The van der Waals surface area contributed by atoms with Crippen molar-refractivity contribution in [3.8, 4) is 0 Å². The average Bonchev–Trinajstić information content (AvgIpc) is 3.48. The zero-order valence-corrected chi connectivity index (χ0v) is 18.4. The molecule has 5 rings (SSSR count).